The van der Waals surface area contributed by atoms with Gasteiger partial charge in [0.1, 0.15) is 12.1 Å². The summed E-state index contributed by atoms with van der Waals surface area (Å²) in [6, 6.07) is 16.2. The Morgan fingerprint density at radius 1 is 1.03 bits per heavy atom. The molecule has 0 atom stereocenters. The molecule has 0 spiro atoms. The van der Waals surface area contributed by atoms with E-state index >= 15 is 0 Å². The van der Waals surface area contributed by atoms with Gasteiger partial charge in [-0.15, -0.1) is 0 Å². The maximum absolute atomic E-state index is 12.9. The number of amides is 2. The van der Waals surface area contributed by atoms with Crippen molar-refractivity contribution in [3.8, 4) is 11.1 Å². The first-order valence-corrected chi connectivity index (χ1v) is 11.2. The van der Waals surface area contributed by atoms with E-state index in [1.165, 1.54) is 13.0 Å². The Bertz CT molecular complexity index is 1060. The Morgan fingerprint density at radius 2 is 1.61 bits per heavy atom. The molecule has 0 aromatic heterocycles. The number of carboxylic acid groups (broad SMARTS) is 1. The van der Waals surface area contributed by atoms with Crippen molar-refractivity contribution in [1.29, 1.82) is 0 Å². The minimum Gasteiger partial charge on any atom is -0.478 e. The van der Waals surface area contributed by atoms with Gasteiger partial charge in [0.25, 0.3) is 0 Å². The molecule has 0 radical (unpaired) electrons. The number of carboxylic acids is 1. The maximum Gasteiger partial charge on any atom is 0.408 e. The average Bonchev–Trinajstić information content (AvgIpc) is 3.41. The third-order valence-electron chi connectivity index (χ3n) is 6.58. The van der Waals surface area contributed by atoms with Crippen LogP contribution in [0.3, 0.4) is 0 Å². The number of rotatable bonds is 7. The third kappa shape index (κ3) is 4.62. The Labute approximate surface area is 192 Å². The molecular formula is C26H28N2O5. The minimum atomic E-state index is -1.03. The number of fused-ring (bicyclic) bond motifs is 3. The van der Waals surface area contributed by atoms with Crippen LogP contribution in [0.15, 0.2) is 60.2 Å². The molecule has 7 nitrogen and oxygen atoms in total. The molecule has 4 rings (SSSR count). The van der Waals surface area contributed by atoms with E-state index in [1.54, 1.807) is 0 Å². The number of carbonyl (C=O) groups excluding carboxylic acids is 2. The molecule has 0 aliphatic heterocycles. The van der Waals surface area contributed by atoms with Crippen LogP contribution in [0, 0.1) is 0 Å². The number of ether oxygens (including phenoxy) is 1. The number of benzene rings is 2. The van der Waals surface area contributed by atoms with Crippen LogP contribution in [-0.4, -0.2) is 41.8 Å². The fourth-order valence-electron chi connectivity index (χ4n) is 4.77. The van der Waals surface area contributed by atoms with Gasteiger partial charge in [0.15, 0.2) is 0 Å². The third-order valence-corrected chi connectivity index (χ3v) is 6.58. The van der Waals surface area contributed by atoms with Crippen LogP contribution in [0.2, 0.25) is 0 Å². The monoisotopic (exact) mass is 448 g/mol. The lowest BCUT2D eigenvalue weighted by Crippen LogP contribution is -2.57. The van der Waals surface area contributed by atoms with Gasteiger partial charge in [-0.3, -0.25) is 4.79 Å². The standard InChI is InChI=1S/C26H28N2O5/c1-17(23(29)30)12-15-27-24(31)26(13-6-7-14-26)28-25(32)33-16-22-20-10-4-2-8-18(20)19-9-3-5-11-21(19)22/h2-5,8-12,22H,6-7,13-16H2,1H3,(H,27,31)(H,28,32)(H,29,30)/b17-12+. The van der Waals surface area contributed by atoms with Crippen molar-refractivity contribution in [2.24, 2.45) is 0 Å². The van der Waals surface area contributed by atoms with Crippen LogP contribution < -0.4 is 10.6 Å². The molecule has 2 aliphatic carbocycles. The Kier molecular flexibility index (Phi) is 6.49. The van der Waals surface area contributed by atoms with Crippen molar-refractivity contribution < 1.29 is 24.2 Å². The Hall–Kier alpha value is -3.61. The molecule has 172 valence electrons. The molecule has 0 bridgehead atoms. The SMILES string of the molecule is C/C(=C\CNC(=O)C1(NC(=O)OCC2c3ccccc3-c3ccccc32)CCCC1)C(=O)O. The fourth-order valence-corrected chi connectivity index (χ4v) is 4.77. The summed E-state index contributed by atoms with van der Waals surface area (Å²) >= 11 is 0. The summed E-state index contributed by atoms with van der Waals surface area (Å²) in [5, 5.41) is 14.5. The fraction of sp³-hybridized carbons (Fsp3) is 0.346. The zero-order valence-electron chi connectivity index (χ0n) is 18.6. The lowest BCUT2D eigenvalue weighted by molar-refractivity contribution is -0.132. The second-order valence-electron chi connectivity index (χ2n) is 8.64. The number of hydrogen-bond donors (Lipinski definition) is 3. The lowest BCUT2D eigenvalue weighted by atomic mass is 9.96. The summed E-state index contributed by atoms with van der Waals surface area (Å²) < 4.78 is 5.63. The number of alkyl carbamates (subject to hydrolysis) is 1. The largest absolute Gasteiger partial charge is 0.478 e. The molecule has 0 saturated heterocycles. The first-order valence-electron chi connectivity index (χ1n) is 11.2. The van der Waals surface area contributed by atoms with Crippen molar-refractivity contribution in [2.75, 3.05) is 13.2 Å². The average molecular weight is 449 g/mol. The Balaban J connectivity index is 1.41. The molecule has 0 heterocycles. The van der Waals surface area contributed by atoms with Crippen molar-refractivity contribution in [1.82, 2.24) is 10.6 Å². The summed E-state index contributed by atoms with van der Waals surface area (Å²) in [6.45, 7) is 1.73. The van der Waals surface area contributed by atoms with Crippen molar-refractivity contribution in [3.63, 3.8) is 0 Å². The highest BCUT2D eigenvalue weighted by molar-refractivity contribution is 5.91. The normalized spacial score (nSPS) is 16.6. The van der Waals surface area contributed by atoms with Crippen LogP contribution in [0.25, 0.3) is 11.1 Å². The number of nitrogens with one attached hydrogen (secondary N) is 2. The van der Waals surface area contributed by atoms with E-state index in [0.717, 1.165) is 35.1 Å². The van der Waals surface area contributed by atoms with Gasteiger partial charge in [-0.25, -0.2) is 9.59 Å². The van der Waals surface area contributed by atoms with Gasteiger partial charge in [0, 0.05) is 18.0 Å². The molecule has 2 aliphatic rings. The van der Waals surface area contributed by atoms with Gasteiger partial charge in [0.05, 0.1) is 0 Å². The number of aliphatic carboxylic acids is 1. The van der Waals surface area contributed by atoms with E-state index in [-0.39, 0.29) is 30.5 Å². The van der Waals surface area contributed by atoms with Crippen LogP contribution >= 0.6 is 0 Å². The van der Waals surface area contributed by atoms with Gasteiger partial charge < -0.3 is 20.5 Å². The van der Waals surface area contributed by atoms with E-state index in [4.69, 9.17) is 9.84 Å². The molecule has 2 amide bonds. The van der Waals surface area contributed by atoms with Crippen LogP contribution in [0.1, 0.15) is 49.7 Å². The summed E-state index contributed by atoms with van der Waals surface area (Å²) in [7, 11) is 0. The first-order chi connectivity index (χ1) is 15.9. The minimum absolute atomic E-state index is 0.0550. The smallest absolute Gasteiger partial charge is 0.408 e. The quantitative estimate of drug-likeness (QED) is 0.556. The van der Waals surface area contributed by atoms with Gasteiger partial charge in [-0.1, -0.05) is 67.4 Å². The number of carbonyl (C=O) groups is 3. The highest BCUT2D eigenvalue weighted by Crippen LogP contribution is 2.44. The van der Waals surface area contributed by atoms with Crippen molar-refractivity contribution in [2.45, 2.75) is 44.1 Å². The summed E-state index contributed by atoms with van der Waals surface area (Å²) in [5.74, 6) is -1.40. The van der Waals surface area contributed by atoms with Crippen molar-refractivity contribution in [3.05, 3.63) is 71.3 Å². The Morgan fingerprint density at radius 3 is 2.18 bits per heavy atom. The molecule has 7 heteroatoms. The predicted molar refractivity (Wildman–Crippen MR) is 124 cm³/mol. The molecule has 2 aromatic rings. The molecular weight excluding hydrogens is 420 g/mol. The zero-order valence-corrected chi connectivity index (χ0v) is 18.6. The van der Waals surface area contributed by atoms with Gasteiger partial charge in [-0.05, 0) is 42.0 Å². The highest BCUT2D eigenvalue weighted by Gasteiger charge is 2.43. The topological polar surface area (TPSA) is 105 Å². The zero-order chi connectivity index (χ0) is 23.4. The van der Waals surface area contributed by atoms with Crippen LogP contribution in [0.4, 0.5) is 4.79 Å². The molecule has 2 aromatic carbocycles. The summed E-state index contributed by atoms with van der Waals surface area (Å²) in [6.07, 6.45) is 3.50. The molecule has 0 unspecified atom stereocenters. The summed E-state index contributed by atoms with van der Waals surface area (Å²) in [4.78, 5) is 36.6. The van der Waals surface area contributed by atoms with Gasteiger partial charge in [0.2, 0.25) is 5.91 Å². The van der Waals surface area contributed by atoms with Gasteiger partial charge >= 0.3 is 12.1 Å². The second kappa shape index (κ2) is 9.48. The van der Waals surface area contributed by atoms with Gasteiger partial charge in [-0.2, -0.15) is 0 Å². The molecule has 3 N–H and O–H groups in total. The molecule has 33 heavy (non-hydrogen) atoms. The van der Waals surface area contributed by atoms with E-state index in [2.05, 4.69) is 34.9 Å². The maximum atomic E-state index is 12.9. The van der Waals surface area contributed by atoms with Crippen molar-refractivity contribution >= 4 is 18.0 Å². The van der Waals surface area contributed by atoms with E-state index in [9.17, 15) is 14.4 Å². The molecule has 1 fully saturated rings. The summed E-state index contributed by atoms with van der Waals surface area (Å²) in [5.41, 5.74) is 3.67. The number of hydrogen-bond acceptors (Lipinski definition) is 4. The predicted octanol–water partition coefficient (Wildman–Crippen LogP) is 3.99. The van der Waals surface area contributed by atoms with Crippen LogP contribution in [-0.2, 0) is 14.3 Å². The van der Waals surface area contributed by atoms with E-state index in [0.29, 0.717) is 12.8 Å². The lowest BCUT2D eigenvalue weighted by Gasteiger charge is -2.28. The van der Waals surface area contributed by atoms with Crippen LogP contribution in [0.5, 0.6) is 0 Å². The molecule has 1 saturated carbocycles. The van der Waals surface area contributed by atoms with E-state index < -0.39 is 17.6 Å². The highest BCUT2D eigenvalue weighted by atomic mass is 16.5. The first kappa shape index (κ1) is 22.6. The second-order valence-corrected chi connectivity index (χ2v) is 8.64. The van der Waals surface area contributed by atoms with E-state index in [1.807, 2.05) is 24.3 Å².